The summed E-state index contributed by atoms with van der Waals surface area (Å²) in [6, 6.07) is 6.99. The molecular weight excluding hydrogens is 360 g/mol. The molecule has 2 fully saturated rings. The Morgan fingerprint density at radius 1 is 1.23 bits per heavy atom. The standard InChI is InChI=1S/C17H24N2O6S/c1-17(2)22-8-11-14(25-17)12(20)13(21)15(24-11)23-10-6-4-9(5-7-10)19-16(26)18-3/h4-7,11-15,20-21H,8H2,1-3H3,(H2,18,19,26). The van der Waals surface area contributed by atoms with Crippen molar-refractivity contribution >= 4 is 23.0 Å². The van der Waals surface area contributed by atoms with Crippen LogP contribution < -0.4 is 15.4 Å². The van der Waals surface area contributed by atoms with Gasteiger partial charge in [-0.2, -0.15) is 0 Å². The third kappa shape index (κ3) is 4.25. The van der Waals surface area contributed by atoms with Crippen LogP contribution >= 0.6 is 12.2 Å². The lowest BCUT2D eigenvalue weighted by Gasteiger charge is -2.48. The molecule has 2 aliphatic rings. The molecule has 26 heavy (non-hydrogen) atoms. The Balaban J connectivity index is 1.64. The maximum atomic E-state index is 10.4. The summed E-state index contributed by atoms with van der Waals surface area (Å²) in [4.78, 5) is 0. The van der Waals surface area contributed by atoms with E-state index in [1.54, 1.807) is 45.2 Å². The number of benzene rings is 1. The first-order chi connectivity index (χ1) is 12.3. The summed E-state index contributed by atoms with van der Waals surface area (Å²) in [6.07, 6.45) is -4.63. The predicted molar refractivity (Wildman–Crippen MR) is 97.9 cm³/mol. The van der Waals surface area contributed by atoms with E-state index in [-0.39, 0.29) is 6.61 Å². The monoisotopic (exact) mass is 384 g/mol. The van der Waals surface area contributed by atoms with Crippen molar-refractivity contribution in [3.8, 4) is 5.75 Å². The zero-order valence-electron chi connectivity index (χ0n) is 14.8. The van der Waals surface area contributed by atoms with E-state index in [2.05, 4.69) is 10.6 Å². The number of aliphatic hydroxyl groups is 2. The van der Waals surface area contributed by atoms with Gasteiger partial charge in [-0.1, -0.05) is 0 Å². The van der Waals surface area contributed by atoms with Gasteiger partial charge in [0, 0.05) is 12.7 Å². The van der Waals surface area contributed by atoms with Gasteiger partial charge in [-0.25, -0.2) is 0 Å². The Morgan fingerprint density at radius 2 is 1.92 bits per heavy atom. The second-order valence-corrected chi connectivity index (χ2v) is 7.07. The number of fused-ring (bicyclic) bond motifs is 1. The molecule has 8 nitrogen and oxygen atoms in total. The lowest BCUT2D eigenvalue weighted by atomic mass is 9.97. The Hall–Kier alpha value is -1.49. The van der Waals surface area contributed by atoms with Gasteiger partial charge in [0.15, 0.2) is 10.9 Å². The Bertz CT molecular complexity index is 639. The van der Waals surface area contributed by atoms with Gasteiger partial charge in [0.25, 0.3) is 0 Å². The second-order valence-electron chi connectivity index (χ2n) is 6.66. The van der Waals surface area contributed by atoms with Crippen LogP contribution in [0.25, 0.3) is 0 Å². The molecule has 5 atom stereocenters. The molecule has 0 radical (unpaired) electrons. The van der Waals surface area contributed by atoms with E-state index < -0.39 is 36.5 Å². The summed E-state index contributed by atoms with van der Waals surface area (Å²) in [6.45, 7) is 3.74. The highest BCUT2D eigenvalue weighted by Crippen LogP contribution is 2.33. The van der Waals surface area contributed by atoms with Gasteiger partial charge in [-0.3, -0.25) is 0 Å². The minimum atomic E-state index is -1.25. The van der Waals surface area contributed by atoms with E-state index in [9.17, 15) is 10.2 Å². The molecule has 2 heterocycles. The van der Waals surface area contributed by atoms with Gasteiger partial charge in [0.05, 0.1) is 6.61 Å². The highest BCUT2D eigenvalue weighted by molar-refractivity contribution is 7.80. The van der Waals surface area contributed by atoms with Crippen molar-refractivity contribution in [1.29, 1.82) is 0 Å². The molecule has 4 N–H and O–H groups in total. The number of anilines is 1. The Labute approximate surface area is 157 Å². The fourth-order valence-corrected chi connectivity index (χ4v) is 2.99. The molecule has 0 amide bonds. The summed E-state index contributed by atoms with van der Waals surface area (Å²) in [5, 5.41) is 27.1. The van der Waals surface area contributed by atoms with Crippen LogP contribution in [0.2, 0.25) is 0 Å². The van der Waals surface area contributed by atoms with E-state index in [0.717, 1.165) is 5.69 Å². The third-order valence-corrected chi connectivity index (χ3v) is 4.55. The predicted octanol–water partition coefficient (Wildman–Crippen LogP) is 0.580. The lowest BCUT2D eigenvalue weighted by molar-refractivity contribution is -0.373. The SMILES string of the molecule is CNC(=S)Nc1ccc(OC2OC3COC(C)(C)OC3C(O)C2O)cc1. The maximum Gasteiger partial charge on any atom is 0.229 e. The molecule has 1 aromatic carbocycles. The number of ether oxygens (including phenoxy) is 4. The molecule has 9 heteroatoms. The van der Waals surface area contributed by atoms with E-state index in [1.165, 1.54) is 0 Å². The molecule has 0 aromatic heterocycles. The van der Waals surface area contributed by atoms with Crippen LogP contribution in [0.5, 0.6) is 5.75 Å². The van der Waals surface area contributed by atoms with Crippen LogP contribution in [0.15, 0.2) is 24.3 Å². The van der Waals surface area contributed by atoms with Crippen LogP contribution in [0, 0.1) is 0 Å². The third-order valence-electron chi connectivity index (χ3n) is 4.25. The first-order valence-electron chi connectivity index (χ1n) is 8.38. The molecule has 2 saturated heterocycles. The summed E-state index contributed by atoms with van der Waals surface area (Å²) < 4.78 is 22.7. The quantitative estimate of drug-likeness (QED) is 0.558. The van der Waals surface area contributed by atoms with E-state index in [4.69, 9.17) is 31.2 Å². The highest BCUT2D eigenvalue weighted by Gasteiger charge is 2.51. The Morgan fingerprint density at radius 3 is 2.58 bits per heavy atom. The topological polar surface area (TPSA) is 101 Å². The van der Waals surface area contributed by atoms with E-state index >= 15 is 0 Å². The van der Waals surface area contributed by atoms with Crippen molar-refractivity contribution in [2.45, 2.75) is 50.3 Å². The molecule has 1 aromatic rings. The zero-order valence-corrected chi connectivity index (χ0v) is 15.7. The van der Waals surface area contributed by atoms with Crippen molar-refractivity contribution in [3.05, 3.63) is 24.3 Å². The van der Waals surface area contributed by atoms with Crippen LogP contribution in [-0.4, -0.2) is 65.5 Å². The van der Waals surface area contributed by atoms with Crippen molar-refractivity contribution in [2.24, 2.45) is 0 Å². The largest absolute Gasteiger partial charge is 0.462 e. The molecular formula is C17H24N2O6S. The number of nitrogens with one attached hydrogen (secondary N) is 2. The van der Waals surface area contributed by atoms with Crippen LogP contribution in [0.1, 0.15) is 13.8 Å². The summed E-state index contributed by atoms with van der Waals surface area (Å²) in [7, 11) is 1.73. The molecule has 0 bridgehead atoms. The molecule has 0 aliphatic carbocycles. The van der Waals surface area contributed by atoms with Crippen LogP contribution in [-0.2, 0) is 14.2 Å². The van der Waals surface area contributed by atoms with Gasteiger partial charge in [-0.05, 0) is 50.3 Å². The first-order valence-corrected chi connectivity index (χ1v) is 8.79. The number of aliphatic hydroxyl groups excluding tert-OH is 2. The molecule has 0 spiro atoms. The normalized spacial score (nSPS) is 33.0. The summed E-state index contributed by atoms with van der Waals surface area (Å²) in [5.74, 6) is -0.353. The van der Waals surface area contributed by atoms with E-state index in [0.29, 0.717) is 10.9 Å². The van der Waals surface area contributed by atoms with Crippen molar-refractivity contribution in [2.75, 3.05) is 19.0 Å². The molecule has 5 unspecified atom stereocenters. The highest BCUT2D eigenvalue weighted by atomic mass is 32.1. The lowest BCUT2D eigenvalue weighted by Crippen LogP contribution is -2.65. The molecule has 0 saturated carbocycles. The van der Waals surface area contributed by atoms with Crippen LogP contribution in [0.4, 0.5) is 5.69 Å². The number of thiocarbonyl (C=S) groups is 1. The smallest absolute Gasteiger partial charge is 0.229 e. The molecule has 3 rings (SSSR count). The van der Waals surface area contributed by atoms with Gasteiger partial charge < -0.3 is 39.8 Å². The van der Waals surface area contributed by atoms with Crippen LogP contribution in [0.3, 0.4) is 0 Å². The number of hydrogen-bond acceptors (Lipinski definition) is 7. The van der Waals surface area contributed by atoms with Crippen molar-refractivity contribution in [1.82, 2.24) is 5.32 Å². The van der Waals surface area contributed by atoms with Gasteiger partial charge in [0.2, 0.25) is 6.29 Å². The number of hydrogen-bond donors (Lipinski definition) is 4. The first kappa shape index (κ1) is 19.3. The fraction of sp³-hybridized carbons (Fsp3) is 0.588. The fourth-order valence-electron chi connectivity index (χ4n) is 2.87. The van der Waals surface area contributed by atoms with Crippen molar-refractivity contribution in [3.63, 3.8) is 0 Å². The van der Waals surface area contributed by atoms with E-state index in [1.807, 2.05) is 0 Å². The minimum Gasteiger partial charge on any atom is -0.462 e. The average Bonchev–Trinajstić information content (AvgIpc) is 2.61. The summed E-state index contributed by atoms with van der Waals surface area (Å²) in [5.41, 5.74) is 0.790. The maximum absolute atomic E-state index is 10.4. The molecule has 144 valence electrons. The van der Waals surface area contributed by atoms with Crippen molar-refractivity contribution < 1.29 is 29.2 Å². The van der Waals surface area contributed by atoms with Gasteiger partial charge >= 0.3 is 0 Å². The molecule has 2 aliphatic heterocycles. The number of rotatable bonds is 3. The Kier molecular flexibility index (Phi) is 5.66. The van der Waals surface area contributed by atoms with Gasteiger partial charge in [-0.15, -0.1) is 0 Å². The second kappa shape index (κ2) is 7.63. The summed E-state index contributed by atoms with van der Waals surface area (Å²) >= 11 is 5.04. The zero-order chi connectivity index (χ0) is 18.9. The minimum absolute atomic E-state index is 0.242. The van der Waals surface area contributed by atoms with Gasteiger partial charge in [0.1, 0.15) is 30.2 Å². The average molecular weight is 384 g/mol.